The van der Waals surface area contributed by atoms with Crippen LogP contribution in [0.1, 0.15) is 0 Å². The van der Waals surface area contributed by atoms with Gasteiger partial charge in [-0.3, -0.25) is 0 Å². The maximum atomic E-state index is 5.34. The molecule has 1 aromatic heterocycles. The summed E-state index contributed by atoms with van der Waals surface area (Å²) in [7, 11) is 0. The summed E-state index contributed by atoms with van der Waals surface area (Å²) in [5.41, 5.74) is 5.34. The van der Waals surface area contributed by atoms with Crippen LogP contribution in [0.3, 0.4) is 0 Å². The molecular formula is C4H4BrN3S. The van der Waals surface area contributed by atoms with Gasteiger partial charge in [0, 0.05) is 0 Å². The maximum absolute atomic E-state index is 5.34. The first kappa shape index (κ1) is 6.70. The first-order chi connectivity index (χ1) is 4.24. The second-order valence-corrected chi connectivity index (χ2v) is 3.66. The van der Waals surface area contributed by atoms with Crippen LogP contribution in [0.5, 0.6) is 0 Å². The van der Waals surface area contributed by atoms with E-state index < -0.39 is 0 Å². The second-order valence-electron chi connectivity index (χ2n) is 1.31. The third-order valence-corrected chi connectivity index (χ3v) is 2.24. The second kappa shape index (κ2) is 2.45. The molecule has 5 heteroatoms. The molecule has 0 aromatic carbocycles. The molecular weight excluding hydrogens is 202 g/mol. The first-order valence-electron chi connectivity index (χ1n) is 2.12. The lowest BCUT2D eigenvalue weighted by molar-refractivity contribution is 1.35. The Labute approximate surface area is 64.8 Å². The predicted octanol–water partition coefficient (Wildman–Crippen LogP) is 1.82. The Morgan fingerprint density at radius 2 is 2.44 bits per heavy atom. The molecule has 0 radical (unpaired) electrons. The number of hydrogen-bond donors (Lipinski definition) is 1. The minimum absolute atomic E-state index is 0.504. The van der Waals surface area contributed by atoms with Crippen molar-refractivity contribution >= 4 is 44.9 Å². The first-order valence-corrected chi connectivity index (χ1v) is 3.73. The van der Waals surface area contributed by atoms with Crippen LogP contribution in [0.25, 0.3) is 0 Å². The molecule has 0 amide bonds. The molecule has 0 atom stereocenters. The summed E-state index contributed by atoms with van der Waals surface area (Å²) >= 11 is 4.56. The lowest BCUT2D eigenvalue weighted by atomic mass is 10.8. The van der Waals surface area contributed by atoms with Crippen LogP contribution in [0.15, 0.2) is 8.78 Å². The van der Waals surface area contributed by atoms with E-state index in [2.05, 4.69) is 32.6 Å². The number of halogens is 1. The Hall–Kier alpha value is -0.420. The summed E-state index contributed by atoms with van der Waals surface area (Å²) in [6, 6.07) is 0. The Balaban J connectivity index is 3.15. The van der Waals surface area contributed by atoms with Crippen LogP contribution < -0.4 is 5.73 Å². The van der Waals surface area contributed by atoms with Crippen LogP contribution in [-0.4, -0.2) is 11.7 Å². The predicted molar refractivity (Wildman–Crippen MR) is 43.4 cm³/mol. The molecule has 0 aliphatic rings. The van der Waals surface area contributed by atoms with E-state index in [9.17, 15) is 0 Å². The van der Waals surface area contributed by atoms with E-state index in [1.165, 1.54) is 11.3 Å². The fourth-order valence-corrected chi connectivity index (χ4v) is 1.63. The fourth-order valence-electron chi connectivity index (χ4n) is 0.406. The van der Waals surface area contributed by atoms with Gasteiger partial charge in [-0.25, -0.2) is 4.99 Å². The SMILES string of the molecule is C=Nc1nc(N)sc1Br. The molecule has 0 saturated heterocycles. The molecule has 3 nitrogen and oxygen atoms in total. The van der Waals surface area contributed by atoms with E-state index in [4.69, 9.17) is 5.73 Å². The van der Waals surface area contributed by atoms with E-state index in [1.807, 2.05) is 0 Å². The molecule has 0 unspecified atom stereocenters. The van der Waals surface area contributed by atoms with Gasteiger partial charge in [-0.2, -0.15) is 4.98 Å². The van der Waals surface area contributed by atoms with E-state index in [1.54, 1.807) is 0 Å². The van der Waals surface area contributed by atoms with Crippen molar-refractivity contribution in [3.8, 4) is 0 Å². The number of hydrogen-bond acceptors (Lipinski definition) is 4. The molecule has 0 bridgehead atoms. The van der Waals surface area contributed by atoms with E-state index in [0.29, 0.717) is 10.9 Å². The largest absolute Gasteiger partial charge is 0.375 e. The molecule has 1 rings (SSSR count). The lowest BCUT2D eigenvalue weighted by Crippen LogP contribution is -1.78. The smallest absolute Gasteiger partial charge is 0.183 e. The van der Waals surface area contributed by atoms with Crippen molar-refractivity contribution in [1.29, 1.82) is 0 Å². The molecule has 0 aliphatic heterocycles. The Morgan fingerprint density at radius 1 is 1.78 bits per heavy atom. The third-order valence-electron chi connectivity index (χ3n) is 0.736. The number of nitrogens with zero attached hydrogens (tertiary/aromatic N) is 2. The summed E-state index contributed by atoms with van der Waals surface area (Å²) < 4.78 is 0.829. The van der Waals surface area contributed by atoms with Crippen LogP contribution in [0.4, 0.5) is 10.9 Å². The average molecular weight is 206 g/mol. The van der Waals surface area contributed by atoms with Gasteiger partial charge in [-0.1, -0.05) is 11.3 Å². The number of aliphatic imine (C=N–C) groups is 1. The highest BCUT2D eigenvalue weighted by molar-refractivity contribution is 9.11. The summed E-state index contributed by atoms with van der Waals surface area (Å²) in [6.45, 7) is 3.31. The zero-order valence-electron chi connectivity index (χ0n) is 4.47. The molecule has 0 spiro atoms. The molecule has 2 N–H and O–H groups in total. The van der Waals surface area contributed by atoms with Gasteiger partial charge in [0.15, 0.2) is 10.9 Å². The number of rotatable bonds is 1. The third kappa shape index (κ3) is 1.28. The number of thiazole rings is 1. The van der Waals surface area contributed by atoms with Crippen molar-refractivity contribution in [2.24, 2.45) is 4.99 Å². The molecule has 0 fully saturated rings. The van der Waals surface area contributed by atoms with Crippen LogP contribution in [-0.2, 0) is 0 Å². The fraction of sp³-hybridized carbons (Fsp3) is 0. The van der Waals surface area contributed by atoms with Gasteiger partial charge in [-0.15, -0.1) is 0 Å². The van der Waals surface area contributed by atoms with Crippen molar-refractivity contribution in [2.75, 3.05) is 5.73 Å². The van der Waals surface area contributed by atoms with Gasteiger partial charge >= 0.3 is 0 Å². The van der Waals surface area contributed by atoms with Crippen LogP contribution in [0, 0.1) is 0 Å². The number of nitrogens with two attached hydrogens (primary N) is 1. The van der Waals surface area contributed by atoms with Gasteiger partial charge in [0.25, 0.3) is 0 Å². The summed E-state index contributed by atoms with van der Waals surface area (Å²) in [5, 5.41) is 0.504. The van der Waals surface area contributed by atoms with Gasteiger partial charge in [0.1, 0.15) is 3.79 Å². The Bertz CT molecular complexity index is 232. The minimum atomic E-state index is 0.504. The molecule has 0 aliphatic carbocycles. The summed E-state index contributed by atoms with van der Waals surface area (Å²) in [6.07, 6.45) is 0. The minimum Gasteiger partial charge on any atom is -0.375 e. The standard InChI is InChI=1S/C4H4BrN3S/c1-7-3-2(5)9-4(6)8-3/h1H2,(H2,6,8). The number of nitrogen functional groups attached to an aromatic ring is 1. The monoisotopic (exact) mass is 205 g/mol. The Morgan fingerprint density at radius 3 is 2.67 bits per heavy atom. The molecule has 1 heterocycles. The quantitative estimate of drug-likeness (QED) is 0.712. The van der Waals surface area contributed by atoms with Gasteiger partial charge in [0.2, 0.25) is 0 Å². The van der Waals surface area contributed by atoms with Gasteiger partial charge < -0.3 is 5.73 Å². The summed E-state index contributed by atoms with van der Waals surface area (Å²) in [4.78, 5) is 7.46. The number of aromatic nitrogens is 1. The zero-order chi connectivity index (χ0) is 6.85. The average Bonchev–Trinajstić information content (AvgIpc) is 2.10. The van der Waals surface area contributed by atoms with Crippen molar-refractivity contribution in [3.63, 3.8) is 0 Å². The van der Waals surface area contributed by atoms with Gasteiger partial charge in [0.05, 0.1) is 0 Å². The van der Waals surface area contributed by atoms with Crippen LogP contribution in [0.2, 0.25) is 0 Å². The molecule has 0 saturated carbocycles. The topological polar surface area (TPSA) is 51.3 Å². The zero-order valence-corrected chi connectivity index (χ0v) is 6.87. The molecule has 9 heavy (non-hydrogen) atoms. The highest BCUT2D eigenvalue weighted by Crippen LogP contribution is 2.31. The lowest BCUT2D eigenvalue weighted by Gasteiger charge is -1.78. The van der Waals surface area contributed by atoms with E-state index in [-0.39, 0.29) is 0 Å². The number of anilines is 1. The highest BCUT2D eigenvalue weighted by Gasteiger charge is 2.02. The normalized spacial score (nSPS) is 9.44. The van der Waals surface area contributed by atoms with E-state index >= 15 is 0 Å². The highest BCUT2D eigenvalue weighted by atomic mass is 79.9. The van der Waals surface area contributed by atoms with Gasteiger partial charge in [-0.05, 0) is 22.6 Å². The van der Waals surface area contributed by atoms with Crippen molar-refractivity contribution in [2.45, 2.75) is 0 Å². The summed E-state index contributed by atoms with van der Waals surface area (Å²) in [5.74, 6) is 0.567. The van der Waals surface area contributed by atoms with E-state index in [0.717, 1.165) is 3.79 Å². The molecule has 1 aromatic rings. The maximum Gasteiger partial charge on any atom is 0.183 e. The van der Waals surface area contributed by atoms with Crippen molar-refractivity contribution < 1.29 is 0 Å². The van der Waals surface area contributed by atoms with Crippen molar-refractivity contribution in [3.05, 3.63) is 3.79 Å². The van der Waals surface area contributed by atoms with Crippen molar-refractivity contribution in [1.82, 2.24) is 4.98 Å². The Kier molecular flexibility index (Phi) is 1.82. The molecule has 48 valence electrons. The van der Waals surface area contributed by atoms with Crippen LogP contribution >= 0.6 is 27.3 Å².